The smallest absolute Gasteiger partial charge is 0.289 e. The van der Waals surface area contributed by atoms with Crippen LogP contribution in [0.15, 0.2) is 54.7 Å². The van der Waals surface area contributed by atoms with Crippen molar-refractivity contribution in [2.45, 2.75) is 37.8 Å². The first-order valence-corrected chi connectivity index (χ1v) is 13.2. The highest BCUT2D eigenvalue weighted by atomic mass is 16.5. The molecule has 0 spiro atoms. The number of amides is 1. The summed E-state index contributed by atoms with van der Waals surface area (Å²) in [5, 5.41) is 17.4. The molecular weight excluding hydrogens is 492 g/mol. The van der Waals surface area contributed by atoms with Crippen LogP contribution < -0.4 is 15.4 Å². The van der Waals surface area contributed by atoms with E-state index in [9.17, 15) is 4.79 Å². The summed E-state index contributed by atoms with van der Waals surface area (Å²) in [6.07, 6.45) is 5.53. The van der Waals surface area contributed by atoms with Crippen LogP contribution in [0.1, 0.15) is 36.3 Å². The molecule has 0 bridgehead atoms. The van der Waals surface area contributed by atoms with E-state index in [1.807, 2.05) is 30.3 Å². The van der Waals surface area contributed by atoms with E-state index < -0.39 is 0 Å². The summed E-state index contributed by atoms with van der Waals surface area (Å²) in [4.78, 5) is 24.3. The van der Waals surface area contributed by atoms with Crippen LogP contribution in [0, 0.1) is 11.3 Å². The Morgan fingerprint density at radius 1 is 1.18 bits per heavy atom. The van der Waals surface area contributed by atoms with E-state index in [0.717, 1.165) is 60.9 Å². The molecule has 9 heteroatoms. The Balaban J connectivity index is 1.49. The molecular formula is C30H36N6O3. The Kier molecular flexibility index (Phi) is 9.47. The molecule has 1 aliphatic rings. The number of nitriles is 1. The van der Waals surface area contributed by atoms with Crippen molar-refractivity contribution in [3.05, 3.63) is 60.6 Å². The first-order valence-electron chi connectivity index (χ1n) is 13.2. The topological polar surface area (TPSA) is 112 Å². The molecule has 1 amide bonds. The van der Waals surface area contributed by atoms with Gasteiger partial charge in [0.15, 0.2) is 0 Å². The standard InChI is InChI=1S/C30H36N6O3/c1-20(18-31)19-33-28-25-17-22(6-5-21(25)7-12-27(28)39-4)26-13-14-32-29(35-26)30(37)34-23-8-10-24(11-9-23)36(2)15-16-38-3/h5-7,12-14,17,23-24,33H,1,8-11,15-16,19H2,2-4H3,(H,34,37)/t23-,24+. The lowest BCUT2D eigenvalue weighted by atomic mass is 9.90. The van der Waals surface area contributed by atoms with Gasteiger partial charge in [-0.25, -0.2) is 9.97 Å². The first kappa shape index (κ1) is 28.0. The number of methoxy groups -OCH3 is 2. The van der Waals surface area contributed by atoms with Gasteiger partial charge in [-0.2, -0.15) is 5.26 Å². The maximum atomic E-state index is 13.1. The van der Waals surface area contributed by atoms with Gasteiger partial charge in [0.2, 0.25) is 5.82 Å². The quantitative estimate of drug-likeness (QED) is 0.352. The number of nitrogens with zero attached hydrogens (tertiary/aromatic N) is 4. The molecule has 9 nitrogen and oxygen atoms in total. The second kappa shape index (κ2) is 13.2. The number of anilines is 1. The Morgan fingerprint density at radius 3 is 2.67 bits per heavy atom. The van der Waals surface area contributed by atoms with Crippen molar-refractivity contribution in [3.63, 3.8) is 0 Å². The highest BCUT2D eigenvalue weighted by Gasteiger charge is 2.26. The lowest BCUT2D eigenvalue weighted by Gasteiger charge is -2.34. The lowest BCUT2D eigenvalue weighted by molar-refractivity contribution is 0.0886. The second-order valence-electron chi connectivity index (χ2n) is 9.87. The van der Waals surface area contributed by atoms with Gasteiger partial charge in [-0.1, -0.05) is 24.8 Å². The van der Waals surface area contributed by atoms with Gasteiger partial charge >= 0.3 is 0 Å². The molecule has 4 rings (SSSR count). The Morgan fingerprint density at radius 2 is 1.95 bits per heavy atom. The molecule has 39 heavy (non-hydrogen) atoms. The number of nitrogens with one attached hydrogen (secondary N) is 2. The van der Waals surface area contributed by atoms with E-state index in [0.29, 0.717) is 29.6 Å². The van der Waals surface area contributed by atoms with E-state index in [2.05, 4.69) is 45.2 Å². The summed E-state index contributed by atoms with van der Waals surface area (Å²) in [6.45, 7) is 5.69. The van der Waals surface area contributed by atoms with Crippen LogP contribution in [0.3, 0.4) is 0 Å². The number of benzene rings is 2. The van der Waals surface area contributed by atoms with Crippen LogP contribution in [-0.2, 0) is 4.74 Å². The van der Waals surface area contributed by atoms with Crippen molar-refractivity contribution in [2.24, 2.45) is 0 Å². The molecule has 1 aromatic heterocycles. The predicted octanol–water partition coefficient (Wildman–Crippen LogP) is 4.42. The Hall–Kier alpha value is -4.00. The second-order valence-corrected chi connectivity index (χ2v) is 9.87. The van der Waals surface area contributed by atoms with Gasteiger partial charge in [-0.3, -0.25) is 4.79 Å². The third-order valence-corrected chi connectivity index (χ3v) is 7.30. The molecule has 2 N–H and O–H groups in total. The molecule has 0 radical (unpaired) electrons. The molecule has 0 saturated heterocycles. The molecule has 3 aromatic rings. The van der Waals surface area contributed by atoms with Crippen LogP contribution in [0.2, 0.25) is 0 Å². The number of carbonyl (C=O) groups excluding carboxylic acids is 1. The van der Waals surface area contributed by atoms with E-state index in [-0.39, 0.29) is 17.8 Å². The first-order chi connectivity index (χ1) is 18.9. The highest BCUT2D eigenvalue weighted by molar-refractivity contribution is 5.99. The largest absolute Gasteiger partial charge is 0.495 e. The Labute approximate surface area is 229 Å². The molecule has 1 heterocycles. The van der Waals surface area contributed by atoms with Crippen LogP contribution in [0.4, 0.5) is 5.69 Å². The monoisotopic (exact) mass is 528 g/mol. The number of ether oxygens (including phenoxy) is 2. The summed E-state index contributed by atoms with van der Waals surface area (Å²) in [5.74, 6) is 0.557. The average Bonchev–Trinajstić information content (AvgIpc) is 2.98. The maximum Gasteiger partial charge on any atom is 0.289 e. The van der Waals surface area contributed by atoms with Crippen LogP contribution in [0.5, 0.6) is 5.75 Å². The van der Waals surface area contributed by atoms with Crippen molar-refractivity contribution in [2.75, 3.05) is 46.3 Å². The Bertz CT molecular complexity index is 1360. The summed E-state index contributed by atoms with van der Waals surface area (Å²) in [7, 11) is 5.46. The zero-order valence-corrected chi connectivity index (χ0v) is 22.9. The fourth-order valence-electron chi connectivity index (χ4n) is 5.00. The zero-order valence-electron chi connectivity index (χ0n) is 22.9. The summed E-state index contributed by atoms with van der Waals surface area (Å²) >= 11 is 0. The van der Waals surface area contributed by atoms with E-state index in [1.54, 1.807) is 26.5 Å². The summed E-state index contributed by atoms with van der Waals surface area (Å²) < 4.78 is 10.8. The number of carbonyl (C=O) groups is 1. The number of aromatic nitrogens is 2. The van der Waals surface area contributed by atoms with E-state index >= 15 is 0 Å². The average molecular weight is 529 g/mol. The van der Waals surface area contributed by atoms with E-state index in [1.165, 1.54) is 0 Å². The molecule has 204 valence electrons. The van der Waals surface area contributed by atoms with Gasteiger partial charge in [0, 0.05) is 55.0 Å². The van der Waals surface area contributed by atoms with Crippen molar-refractivity contribution in [1.82, 2.24) is 20.2 Å². The molecule has 1 aliphatic carbocycles. The van der Waals surface area contributed by atoms with Gasteiger partial charge in [0.1, 0.15) is 5.75 Å². The SMILES string of the molecule is C=C(C#N)CNc1c(OC)ccc2ccc(-c3ccnc(C(=O)N[C@H]4CC[C@@H](N(C)CCOC)CC4)n3)cc12. The third-order valence-electron chi connectivity index (χ3n) is 7.30. The number of hydrogen-bond donors (Lipinski definition) is 2. The van der Waals surface area contributed by atoms with Crippen molar-refractivity contribution in [3.8, 4) is 23.1 Å². The van der Waals surface area contributed by atoms with Crippen molar-refractivity contribution < 1.29 is 14.3 Å². The van der Waals surface area contributed by atoms with Gasteiger partial charge in [-0.05, 0) is 56.3 Å². The van der Waals surface area contributed by atoms with E-state index in [4.69, 9.17) is 14.7 Å². The molecule has 2 aromatic carbocycles. The highest BCUT2D eigenvalue weighted by Crippen LogP contribution is 2.35. The molecule has 0 unspecified atom stereocenters. The number of rotatable bonds is 11. The molecule has 0 atom stereocenters. The number of fused-ring (bicyclic) bond motifs is 1. The summed E-state index contributed by atoms with van der Waals surface area (Å²) in [6, 6.07) is 14.3. The van der Waals surface area contributed by atoms with Crippen LogP contribution in [-0.4, -0.2) is 73.8 Å². The zero-order chi connectivity index (χ0) is 27.8. The third kappa shape index (κ3) is 6.91. The minimum Gasteiger partial charge on any atom is -0.495 e. The fraction of sp³-hybridized carbons (Fsp3) is 0.400. The fourth-order valence-corrected chi connectivity index (χ4v) is 5.00. The number of hydrogen-bond acceptors (Lipinski definition) is 8. The number of likely N-dealkylation sites (N-methyl/N-ethyl adjacent to an activating group) is 1. The van der Waals surface area contributed by atoms with Crippen LogP contribution in [0.25, 0.3) is 22.0 Å². The maximum absolute atomic E-state index is 13.1. The van der Waals surface area contributed by atoms with Gasteiger partial charge < -0.3 is 25.0 Å². The predicted molar refractivity (Wildman–Crippen MR) is 153 cm³/mol. The van der Waals surface area contributed by atoms with Crippen molar-refractivity contribution in [1.29, 1.82) is 5.26 Å². The molecule has 0 aliphatic heterocycles. The molecule has 1 fully saturated rings. The molecule has 1 saturated carbocycles. The summed E-state index contributed by atoms with van der Waals surface area (Å²) in [5.41, 5.74) is 2.68. The normalized spacial score (nSPS) is 17.0. The van der Waals surface area contributed by atoms with Gasteiger partial charge in [0.25, 0.3) is 5.91 Å². The van der Waals surface area contributed by atoms with Crippen LogP contribution >= 0.6 is 0 Å². The lowest BCUT2D eigenvalue weighted by Crippen LogP contribution is -2.43. The minimum atomic E-state index is -0.257. The van der Waals surface area contributed by atoms with Gasteiger partial charge in [-0.15, -0.1) is 0 Å². The van der Waals surface area contributed by atoms with Gasteiger partial charge in [0.05, 0.1) is 31.2 Å². The minimum absolute atomic E-state index is 0.113. The van der Waals surface area contributed by atoms with Crippen molar-refractivity contribution >= 4 is 22.4 Å².